The summed E-state index contributed by atoms with van der Waals surface area (Å²) in [4.78, 5) is 12.8. The third kappa shape index (κ3) is 4.90. The first-order valence-corrected chi connectivity index (χ1v) is 7.57. The van der Waals surface area contributed by atoms with E-state index in [1.807, 2.05) is 0 Å². The number of benzene rings is 1. The first kappa shape index (κ1) is 16.6. The van der Waals surface area contributed by atoms with Crippen LogP contribution in [0.25, 0.3) is 0 Å². The number of nitrogens with one attached hydrogen (secondary N) is 2. The van der Waals surface area contributed by atoms with Crippen molar-refractivity contribution in [3.63, 3.8) is 0 Å². The van der Waals surface area contributed by atoms with Crippen LogP contribution in [-0.2, 0) is 4.74 Å². The number of rotatable bonds is 5. The molecule has 1 aliphatic rings. The van der Waals surface area contributed by atoms with Gasteiger partial charge in [0.05, 0.1) is 18.1 Å². The minimum atomic E-state index is -0.393. The summed E-state index contributed by atoms with van der Waals surface area (Å²) in [5.41, 5.74) is 1.32. The Morgan fingerprint density at radius 1 is 1.45 bits per heavy atom. The maximum Gasteiger partial charge on any atom is 0.274 e. The summed E-state index contributed by atoms with van der Waals surface area (Å²) in [6.07, 6.45) is 0. The average molecular weight is 324 g/mol. The number of anilines is 1. The molecule has 0 saturated carbocycles. The number of hydrogen-bond acceptors (Lipinski definition) is 5. The van der Waals surface area contributed by atoms with E-state index in [0.29, 0.717) is 16.4 Å². The fraction of sp³-hybridized carbons (Fsp3) is 0.500. The zero-order valence-electron chi connectivity index (χ0n) is 12.5. The molecule has 1 fully saturated rings. The second-order valence-electron chi connectivity index (χ2n) is 5.09. The Balaban J connectivity index is 1.79. The third-order valence-corrected chi connectivity index (χ3v) is 3.73. The summed E-state index contributed by atoms with van der Waals surface area (Å²) >= 11 is 5.21. The van der Waals surface area contributed by atoms with Gasteiger partial charge in [-0.2, -0.15) is 0 Å². The molecule has 7 nitrogen and oxygen atoms in total. The molecule has 2 rings (SSSR count). The van der Waals surface area contributed by atoms with Gasteiger partial charge < -0.3 is 15.4 Å². The molecule has 1 aromatic rings. The number of nitro benzene ring substituents is 1. The van der Waals surface area contributed by atoms with E-state index < -0.39 is 4.92 Å². The van der Waals surface area contributed by atoms with Gasteiger partial charge in [-0.05, 0) is 25.2 Å². The highest BCUT2D eigenvalue weighted by molar-refractivity contribution is 7.80. The summed E-state index contributed by atoms with van der Waals surface area (Å²) in [5.74, 6) is 0. The van der Waals surface area contributed by atoms with Crippen molar-refractivity contribution in [2.45, 2.75) is 6.92 Å². The van der Waals surface area contributed by atoms with Crippen molar-refractivity contribution in [2.75, 3.05) is 44.7 Å². The molecule has 0 amide bonds. The van der Waals surface area contributed by atoms with Crippen molar-refractivity contribution in [1.82, 2.24) is 10.2 Å². The molecule has 1 saturated heterocycles. The van der Waals surface area contributed by atoms with Crippen molar-refractivity contribution in [2.24, 2.45) is 0 Å². The molecule has 0 aliphatic carbocycles. The van der Waals surface area contributed by atoms with E-state index in [9.17, 15) is 10.1 Å². The van der Waals surface area contributed by atoms with Gasteiger partial charge in [-0.25, -0.2) is 0 Å². The Bertz CT molecular complexity index is 547. The number of nitro groups is 1. The lowest BCUT2D eigenvalue weighted by Gasteiger charge is -2.26. The fourth-order valence-corrected chi connectivity index (χ4v) is 2.43. The van der Waals surface area contributed by atoms with Crippen LogP contribution in [0.5, 0.6) is 0 Å². The van der Waals surface area contributed by atoms with E-state index in [4.69, 9.17) is 17.0 Å². The molecule has 0 bridgehead atoms. The van der Waals surface area contributed by atoms with Crippen molar-refractivity contribution in [3.05, 3.63) is 33.9 Å². The molecule has 1 aliphatic heterocycles. The number of hydrogen-bond donors (Lipinski definition) is 2. The fourth-order valence-electron chi connectivity index (χ4n) is 2.21. The Kier molecular flexibility index (Phi) is 6.05. The lowest BCUT2D eigenvalue weighted by molar-refractivity contribution is -0.385. The van der Waals surface area contributed by atoms with Crippen LogP contribution < -0.4 is 10.6 Å². The van der Waals surface area contributed by atoms with Crippen LogP contribution in [0.1, 0.15) is 5.56 Å². The molecule has 22 heavy (non-hydrogen) atoms. The Labute approximate surface area is 134 Å². The molecule has 0 unspecified atom stereocenters. The van der Waals surface area contributed by atoms with Gasteiger partial charge in [0.2, 0.25) is 0 Å². The van der Waals surface area contributed by atoms with E-state index in [-0.39, 0.29) is 5.69 Å². The Morgan fingerprint density at radius 3 is 2.86 bits per heavy atom. The quantitative estimate of drug-likeness (QED) is 0.483. The minimum Gasteiger partial charge on any atom is -0.379 e. The van der Waals surface area contributed by atoms with Crippen molar-refractivity contribution in [1.29, 1.82) is 0 Å². The molecule has 120 valence electrons. The lowest BCUT2D eigenvalue weighted by Crippen LogP contribution is -2.42. The van der Waals surface area contributed by atoms with Crippen LogP contribution in [0.2, 0.25) is 0 Å². The predicted octanol–water partition coefficient (Wildman–Crippen LogP) is 1.52. The van der Waals surface area contributed by atoms with Gasteiger partial charge in [-0.15, -0.1) is 0 Å². The van der Waals surface area contributed by atoms with E-state index in [2.05, 4.69) is 15.5 Å². The summed E-state index contributed by atoms with van der Waals surface area (Å²) in [6.45, 7) is 6.74. The van der Waals surface area contributed by atoms with E-state index in [1.54, 1.807) is 19.1 Å². The highest BCUT2D eigenvalue weighted by Gasteiger charge is 2.12. The zero-order valence-corrected chi connectivity index (χ0v) is 13.3. The standard InChI is InChI=1S/C14H20N4O3S/c1-11-2-3-12(10-13(11)18(19)20)16-14(22)15-4-5-17-6-8-21-9-7-17/h2-3,10H,4-9H2,1H3,(H2,15,16,22). The maximum absolute atomic E-state index is 10.9. The number of thiocarbonyl (C=S) groups is 1. The van der Waals surface area contributed by atoms with Crippen molar-refractivity contribution in [3.8, 4) is 0 Å². The van der Waals surface area contributed by atoms with Crippen LogP contribution in [0, 0.1) is 17.0 Å². The van der Waals surface area contributed by atoms with E-state index >= 15 is 0 Å². The molecule has 0 aromatic heterocycles. The van der Waals surface area contributed by atoms with Crippen LogP contribution in [0.4, 0.5) is 11.4 Å². The average Bonchev–Trinajstić information content (AvgIpc) is 2.50. The third-order valence-electron chi connectivity index (χ3n) is 3.48. The maximum atomic E-state index is 10.9. The summed E-state index contributed by atoms with van der Waals surface area (Å²) in [7, 11) is 0. The molecule has 0 spiro atoms. The topological polar surface area (TPSA) is 79.7 Å². The van der Waals surface area contributed by atoms with Crippen LogP contribution in [0.3, 0.4) is 0 Å². The van der Waals surface area contributed by atoms with Gasteiger partial charge in [0.1, 0.15) is 0 Å². The van der Waals surface area contributed by atoms with Crippen molar-refractivity contribution < 1.29 is 9.66 Å². The monoisotopic (exact) mass is 324 g/mol. The van der Waals surface area contributed by atoms with Gasteiger partial charge in [0, 0.05) is 43.5 Å². The summed E-state index contributed by atoms with van der Waals surface area (Å²) in [5, 5.41) is 17.5. The number of nitrogens with zero attached hydrogens (tertiary/aromatic N) is 2. The van der Waals surface area contributed by atoms with Crippen LogP contribution in [-0.4, -0.2) is 54.3 Å². The molecular formula is C14H20N4O3S. The molecule has 0 atom stereocenters. The van der Waals surface area contributed by atoms with Gasteiger partial charge in [-0.3, -0.25) is 15.0 Å². The largest absolute Gasteiger partial charge is 0.379 e. The lowest BCUT2D eigenvalue weighted by atomic mass is 10.2. The highest BCUT2D eigenvalue weighted by Crippen LogP contribution is 2.22. The number of ether oxygens (including phenoxy) is 1. The predicted molar refractivity (Wildman–Crippen MR) is 89.3 cm³/mol. The molecular weight excluding hydrogens is 304 g/mol. The Hall–Kier alpha value is -1.77. The molecule has 2 N–H and O–H groups in total. The second-order valence-corrected chi connectivity index (χ2v) is 5.50. The van der Waals surface area contributed by atoms with Crippen LogP contribution in [0.15, 0.2) is 18.2 Å². The van der Waals surface area contributed by atoms with Crippen molar-refractivity contribution >= 4 is 28.7 Å². The van der Waals surface area contributed by atoms with Gasteiger partial charge in [0.15, 0.2) is 5.11 Å². The number of aryl methyl sites for hydroxylation is 1. The second kappa shape index (κ2) is 8.02. The summed E-state index contributed by atoms with van der Waals surface area (Å²) < 4.78 is 5.29. The van der Waals surface area contributed by atoms with Gasteiger partial charge in [0.25, 0.3) is 5.69 Å². The summed E-state index contributed by atoms with van der Waals surface area (Å²) in [6, 6.07) is 4.97. The smallest absolute Gasteiger partial charge is 0.274 e. The molecule has 8 heteroatoms. The minimum absolute atomic E-state index is 0.0844. The SMILES string of the molecule is Cc1ccc(NC(=S)NCCN2CCOCC2)cc1[N+](=O)[O-]. The Morgan fingerprint density at radius 2 is 2.18 bits per heavy atom. The van der Waals surface area contributed by atoms with Gasteiger partial charge >= 0.3 is 0 Å². The molecule has 1 heterocycles. The first-order valence-electron chi connectivity index (χ1n) is 7.16. The highest BCUT2D eigenvalue weighted by atomic mass is 32.1. The normalized spacial score (nSPS) is 15.3. The number of morpholine rings is 1. The first-order chi connectivity index (χ1) is 10.6. The zero-order chi connectivity index (χ0) is 15.9. The molecule has 1 aromatic carbocycles. The molecule has 0 radical (unpaired) electrons. The van der Waals surface area contributed by atoms with E-state index in [0.717, 1.165) is 39.4 Å². The van der Waals surface area contributed by atoms with Crippen LogP contribution >= 0.6 is 12.2 Å². The van der Waals surface area contributed by atoms with E-state index in [1.165, 1.54) is 6.07 Å². The van der Waals surface area contributed by atoms with Gasteiger partial charge in [-0.1, -0.05) is 6.07 Å².